The standard InChI is InChI=1S/C6H9ClN4S/c1-3(7)4-9-5(8)11-6(10-4)12-2/h3H,1-2H3,(H2,8,9,10,11). The molecule has 1 atom stereocenters. The zero-order valence-electron chi connectivity index (χ0n) is 6.78. The predicted octanol–water partition coefficient (Wildman–Crippen LogP) is 1.48. The molecule has 0 aliphatic heterocycles. The Morgan fingerprint density at radius 3 is 2.58 bits per heavy atom. The summed E-state index contributed by atoms with van der Waals surface area (Å²) < 4.78 is 0. The highest BCUT2D eigenvalue weighted by Gasteiger charge is 2.07. The van der Waals surface area contributed by atoms with Crippen molar-refractivity contribution in [2.45, 2.75) is 17.5 Å². The number of thioether (sulfide) groups is 1. The third kappa shape index (κ3) is 2.22. The number of halogens is 1. The Morgan fingerprint density at radius 1 is 1.42 bits per heavy atom. The van der Waals surface area contributed by atoms with E-state index in [4.69, 9.17) is 17.3 Å². The number of aromatic nitrogens is 3. The molecule has 0 aliphatic carbocycles. The molecule has 2 N–H and O–H groups in total. The van der Waals surface area contributed by atoms with Gasteiger partial charge >= 0.3 is 0 Å². The van der Waals surface area contributed by atoms with Crippen molar-refractivity contribution in [1.29, 1.82) is 0 Å². The van der Waals surface area contributed by atoms with Crippen molar-refractivity contribution in [2.75, 3.05) is 12.0 Å². The molecule has 1 aromatic rings. The van der Waals surface area contributed by atoms with Crippen LogP contribution in [0, 0.1) is 0 Å². The van der Waals surface area contributed by atoms with Gasteiger partial charge in [-0.05, 0) is 13.2 Å². The van der Waals surface area contributed by atoms with Gasteiger partial charge in [-0.1, -0.05) is 11.8 Å². The zero-order valence-corrected chi connectivity index (χ0v) is 8.35. The highest BCUT2D eigenvalue weighted by Crippen LogP contribution is 2.17. The summed E-state index contributed by atoms with van der Waals surface area (Å²) in [7, 11) is 0. The summed E-state index contributed by atoms with van der Waals surface area (Å²) in [5.41, 5.74) is 5.44. The van der Waals surface area contributed by atoms with Gasteiger partial charge in [0.25, 0.3) is 0 Å². The number of alkyl halides is 1. The smallest absolute Gasteiger partial charge is 0.224 e. The first-order chi connectivity index (χ1) is 5.63. The van der Waals surface area contributed by atoms with Gasteiger partial charge in [-0.2, -0.15) is 9.97 Å². The van der Waals surface area contributed by atoms with E-state index in [1.54, 1.807) is 6.92 Å². The fourth-order valence-electron chi connectivity index (χ4n) is 0.658. The van der Waals surface area contributed by atoms with E-state index in [-0.39, 0.29) is 11.3 Å². The lowest BCUT2D eigenvalue weighted by Gasteiger charge is -2.03. The molecule has 12 heavy (non-hydrogen) atoms. The number of anilines is 1. The molecule has 0 saturated heterocycles. The summed E-state index contributed by atoms with van der Waals surface area (Å²) in [4.78, 5) is 11.9. The number of nitrogens with two attached hydrogens (primary N) is 1. The Balaban J connectivity index is 3.06. The number of rotatable bonds is 2. The maximum atomic E-state index is 5.79. The van der Waals surface area contributed by atoms with Crippen LogP contribution >= 0.6 is 23.4 Å². The molecule has 0 fully saturated rings. The van der Waals surface area contributed by atoms with E-state index in [1.807, 2.05) is 6.26 Å². The molecule has 66 valence electrons. The van der Waals surface area contributed by atoms with Crippen molar-refractivity contribution < 1.29 is 0 Å². The lowest BCUT2D eigenvalue weighted by Crippen LogP contribution is -2.04. The SMILES string of the molecule is CSc1nc(N)nc(C(C)Cl)n1. The van der Waals surface area contributed by atoms with Gasteiger partial charge in [0.05, 0.1) is 5.38 Å². The minimum atomic E-state index is -0.235. The number of hydrogen-bond donors (Lipinski definition) is 1. The fraction of sp³-hybridized carbons (Fsp3) is 0.500. The van der Waals surface area contributed by atoms with Gasteiger partial charge in [-0.25, -0.2) is 4.98 Å². The van der Waals surface area contributed by atoms with Gasteiger partial charge in [-0.3, -0.25) is 0 Å². The second-order valence-electron chi connectivity index (χ2n) is 2.15. The molecule has 0 bridgehead atoms. The molecular weight excluding hydrogens is 196 g/mol. The van der Waals surface area contributed by atoms with Crippen LogP contribution < -0.4 is 5.73 Å². The van der Waals surface area contributed by atoms with Crippen LogP contribution in [-0.2, 0) is 0 Å². The first-order valence-corrected chi connectivity index (χ1v) is 4.99. The Hall–Kier alpha value is -0.550. The van der Waals surface area contributed by atoms with Gasteiger partial charge in [0.1, 0.15) is 0 Å². The van der Waals surface area contributed by atoms with Crippen LogP contribution in [0.1, 0.15) is 18.1 Å². The topological polar surface area (TPSA) is 64.7 Å². The molecule has 0 aliphatic rings. The van der Waals surface area contributed by atoms with Crippen LogP contribution in [0.5, 0.6) is 0 Å². The maximum absolute atomic E-state index is 5.79. The van der Waals surface area contributed by atoms with Crippen LogP contribution in [0.4, 0.5) is 5.95 Å². The molecule has 6 heteroatoms. The largest absolute Gasteiger partial charge is 0.368 e. The van der Waals surface area contributed by atoms with Crippen molar-refractivity contribution >= 4 is 29.3 Å². The third-order valence-electron chi connectivity index (χ3n) is 1.19. The molecule has 0 radical (unpaired) electrons. The van der Waals surface area contributed by atoms with E-state index in [9.17, 15) is 0 Å². The highest BCUT2D eigenvalue weighted by molar-refractivity contribution is 7.98. The monoisotopic (exact) mass is 204 g/mol. The summed E-state index contributed by atoms with van der Waals surface area (Å²) in [5, 5.41) is 0.367. The van der Waals surface area contributed by atoms with Gasteiger partial charge < -0.3 is 5.73 Å². The molecule has 0 spiro atoms. The zero-order chi connectivity index (χ0) is 9.14. The molecule has 0 amide bonds. The van der Waals surface area contributed by atoms with E-state index < -0.39 is 0 Å². The lowest BCUT2D eigenvalue weighted by molar-refractivity contribution is 0.812. The van der Waals surface area contributed by atoms with E-state index in [0.717, 1.165) is 0 Å². The first-order valence-electron chi connectivity index (χ1n) is 3.33. The van der Waals surface area contributed by atoms with Gasteiger partial charge in [0.15, 0.2) is 11.0 Å². The second-order valence-corrected chi connectivity index (χ2v) is 3.58. The second kappa shape index (κ2) is 3.91. The summed E-state index contributed by atoms with van der Waals surface area (Å²) in [6.45, 7) is 1.79. The summed E-state index contributed by atoms with van der Waals surface area (Å²) in [5.74, 6) is 0.741. The number of nitrogen functional groups attached to an aromatic ring is 1. The summed E-state index contributed by atoms with van der Waals surface area (Å²) in [6.07, 6.45) is 1.87. The van der Waals surface area contributed by atoms with Crippen molar-refractivity contribution in [1.82, 2.24) is 15.0 Å². The van der Waals surface area contributed by atoms with Gasteiger partial charge in [0, 0.05) is 0 Å². The number of nitrogens with zero attached hydrogens (tertiary/aromatic N) is 3. The fourth-order valence-corrected chi connectivity index (χ4v) is 1.12. The van der Waals surface area contributed by atoms with Crippen molar-refractivity contribution in [3.05, 3.63) is 5.82 Å². The molecule has 1 heterocycles. The third-order valence-corrected chi connectivity index (χ3v) is 1.93. The van der Waals surface area contributed by atoms with Gasteiger partial charge in [0.2, 0.25) is 5.95 Å². The van der Waals surface area contributed by atoms with Crippen molar-refractivity contribution in [2.24, 2.45) is 0 Å². The molecule has 1 rings (SSSR count). The van der Waals surface area contributed by atoms with Gasteiger partial charge in [-0.15, -0.1) is 11.6 Å². The van der Waals surface area contributed by atoms with Crippen LogP contribution in [0.25, 0.3) is 0 Å². The molecule has 0 aromatic carbocycles. The van der Waals surface area contributed by atoms with Crippen molar-refractivity contribution in [3.8, 4) is 0 Å². The molecule has 1 unspecified atom stereocenters. The number of hydrogen-bond acceptors (Lipinski definition) is 5. The van der Waals surface area contributed by atoms with Crippen LogP contribution in [0.3, 0.4) is 0 Å². The Kier molecular flexibility index (Phi) is 3.11. The Morgan fingerprint density at radius 2 is 2.08 bits per heavy atom. The minimum absolute atomic E-state index is 0.219. The average Bonchev–Trinajstić information content (AvgIpc) is 2.03. The first kappa shape index (κ1) is 9.54. The van der Waals surface area contributed by atoms with E-state index in [2.05, 4.69) is 15.0 Å². The lowest BCUT2D eigenvalue weighted by atomic mass is 10.4. The maximum Gasteiger partial charge on any atom is 0.224 e. The van der Waals surface area contributed by atoms with Crippen LogP contribution in [0.2, 0.25) is 0 Å². The molecule has 0 saturated carbocycles. The Bertz CT molecular complexity index is 278. The molecular formula is C6H9ClN4S. The molecule has 1 aromatic heterocycles. The predicted molar refractivity (Wildman–Crippen MR) is 50.3 cm³/mol. The van der Waals surface area contributed by atoms with E-state index in [1.165, 1.54) is 11.8 Å². The average molecular weight is 205 g/mol. The highest BCUT2D eigenvalue weighted by atomic mass is 35.5. The van der Waals surface area contributed by atoms with Crippen LogP contribution in [-0.4, -0.2) is 21.2 Å². The van der Waals surface area contributed by atoms with Crippen LogP contribution in [0.15, 0.2) is 5.16 Å². The summed E-state index contributed by atoms with van der Waals surface area (Å²) >= 11 is 7.20. The quantitative estimate of drug-likeness (QED) is 0.584. The molecule has 4 nitrogen and oxygen atoms in total. The van der Waals surface area contributed by atoms with Crippen molar-refractivity contribution in [3.63, 3.8) is 0 Å². The van der Waals surface area contributed by atoms with E-state index in [0.29, 0.717) is 11.0 Å². The Labute approximate surface area is 80.0 Å². The normalized spacial score (nSPS) is 12.9. The van der Waals surface area contributed by atoms with E-state index >= 15 is 0 Å². The minimum Gasteiger partial charge on any atom is -0.368 e. The summed E-state index contributed by atoms with van der Waals surface area (Å²) in [6, 6.07) is 0.